The minimum absolute atomic E-state index is 0.0138. The highest BCUT2D eigenvalue weighted by Crippen LogP contribution is 2.21. The lowest BCUT2D eigenvalue weighted by atomic mass is 10.0. The van der Waals surface area contributed by atoms with Gasteiger partial charge >= 0.3 is 0 Å². The molecule has 0 aliphatic heterocycles. The van der Waals surface area contributed by atoms with Crippen molar-refractivity contribution in [3.8, 4) is 0 Å². The molecule has 1 aromatic rings. The molecule has 1 amide bonds. The van der Waals surface area contributed by atoms with Gasteiger partial charge < -0.3 is 4.90 Å². The van der Waals surface area contributed by atoms with Crippen molar-refractivity contribution in [2.24, 2.45) is 0 Å². The van der Waals surface area contributed by atoms with Crippen LogP contribution >= 0.6 is 27.5 Å². The summed E-state index contributed by atoms with van der Waals surface area (Å²) in [7, 11) is 1.78. The zero-order chi connectivity index (χ0) is 13.2. The van der Waals surface area contributed by atoms with Crippen molar-refractivity contribution in [1.82, 2.24) is 4.90 Å². The van der Waals surface area contributed by atoms with E-state index < -0.39 is 0 Å². The molecule has 0 atom stereocenters. The summed E-state index contributed by atoms with van der Waals surface area (Å²) in [5.41, 5.74) is 1.38. The molecule has 4 heteroatoms. The van der Waals surface area contributed by atoms with Gasteiger partial charge in [-0.15, -0.1) is 11.6 Å². The quantitative estimate of drug-likeness (QED) is 0.775. The van der Waals surface area contributed by atoms with E-state index in [1.54, 1.807) is 11.9 Å². The number of nitrogens with zero attached hydrogens (tertiary/aromatic N) is 1. The molecular weight excluding hydrogens is 302 g/mol. The lowest BCUT2D eigenvalue weighted by Crippen LogP contribution is -2.46. The highest BCUT2D eigenvalue weighted by atomic mass is 79.9. The van der Waals surface area contributed by atoms with Crippen LogP contribution in [0.15, 0.2) is 22.7 Å². The van der Waals surface area contributed by atoms with Crippen LogP contribution in [0.3, 0.4) is 0 Å². The van der Waals surface area contributed by atoms with E-state index in [0.29, 0.717) is 11.4 Å². The van der Waals surface area contributed by atoms with Gasteiger partial charge in [-0.1, -0.05) is 15.9 Å². The third-order valence-corrected chi connectivity index (χ3v) is 3.94. The number of halogens is 2. The van der Waals surface area contributed by atoms with E-state index in [-0.39, 0.29) is 11.4 Å². The van der Waals surface area contributed by atoms with Crippen LogP contribution in [0.25, 0.3) is 0 Å². The topological polar surface area (TPSA) is 20.3 Å². The fraction of sp³-hybridized carbons (Fsp3) is 0.462. The molecule has 0 bridgehead atoms. The molecule has 0 saturated carbocycles. The Balaban J connectivity index is 3.04. The number of rotatable bonds is 3. The summed E-state index contributed by atoms with van der Waals surface area (Å²) >= 11 is 9.28. The Hall–Kier alpha value is -0.540. The van der Waals surface area contributed by atoms with Gasteiger partial charge in [0.15, 0.2) is 0 Å². The summed E-state index contributed by atoms with van der Waals surface area (Å²) in [6.45, 7) is 5.86. The fourth-order valence-electron chi connectivity index (χ4n) is 1.42. The average molecular weight is 319 g/mol. The van der Waals surface area contributed by atoms with E-state index in [4.69, 9.17) is 11.6 Å². The number of amides is 1. The van der Waals surface area contributed by atoms with Crippen molar-refractivity contribution in [3.63, 3.8) is 0 Å². The Bertz CT molecular complexity index is 411. The minimum Gasteiger partial charge on any atom is -0.335 e. The molecule has 0 heterocycles. The SMILES string of the molecule is Cc1cc(Br)cc(C(=O)N(C)C(C)(C)CCl)c1. The van der Waals surface area contributed by atoms with Gasteiger partial charge in [-0.05, 0) is 44.5 Å². The summed E-state index contributed by atoms with van der Waals surface area (Å²) in [5.74, 6) is 0.391. The molecule has 0 fully saturated rings. The zero-order valence-electron chi connectivity index (χ0n) is 10.6. The maximum atomic E-state index is 12.3. The van der Waals surface area contributed by atoms with Crippen LogP contribution in [-0.2, 0) is 0 Å². The molecule has 17 heavy (non-hydrogen) atoms. The molecular formula is C13H17BrClNO. The molecule has 0 aliphatic rings. The molecule has 0 saturated heterocycles. The molecule has 94 valence electrons. The molecule has 1 rings (SSSR count). The molecule has 1 aromatic carbocycles. The van der Waals surface area contributed by atoms with E-state index in [1.165, 1.54) is 0 Å². The second-order valence-corrected chi connectivity index (χ2v) is 6.01. The number of carbonyl (C=O) groups is 1. The Morgan fingerprint density at radius 3 is 2.47 bits per heavy atom. The van der Waals surface area contributed by atoms with E-state index in [0.717, 1.165) is 10.0 Å². The van der Waals surface area contributed by atoms with Gasteiger partial charge in [0.2, 0.25) is 0 Å². The molecule has 0 aliphatic carbocycles. The summed E-state index contributed by atoms with van der Waals surface area (Å²) in [5, 5.41) is 0. The van der Waals surface area contributed by atoms with Crippen molar-refractivity contribution in [1.29, 1.82) is 0 Å². The first-order valence-electron chi connectivity index (χ1n) is 5.39. The highest BCUT2D eigenvalue weighted by Gasteiger charge is 2.27. The van der Waals surface area contributed by atoms with Gasteiger partial charge in [-0.2, -0.15) is 0 Å². The van der Waals surface area contributed by atoms with Crippen molar-refractivity contribution < 1.29 is 4.79 Å². The summed E-state index contributed by atoms with van der Waals surface area (Å²) in [4.78, 5) is 14.0. The molecule has 0 spiro atoms. The van der Waals surface area contributed by atoms with Crippen LogP contribution in [0.1, 0.15) is 29.8 Å². The molecule has 2 nitrogen and oxygen atoms in total. The van der Waals surface area contributed by atoms with Crippen LogP contribution in [0.4, 0.5) is 0 Å². The van der Waals surface area contributed by atoms with Gasteiger partial charge in [0, 0.05) is 23.0 Å². The number of alkyl halides is 1. The van der Waals surface area contributed by atoms with Gasteiger partial charge in [0.1, 0.15) is 0 Å². The lowest BCUT2D eigenvalue weighted by molar-refractivity contribution is 0.0660. The van der Waals surface area contributed by atoms with Crippen LogP contribution in [0, 0.1) is 6.92 Å². The number of aryl methyl sites for hydroxylation is 1. The molecule has 0 radical (unpaired) electrons. The van der Waals surface area contributed by atoms with Crippen molar-refractivity contribution in [2.75, 3.05) is 12.9 Å². The number of hydrogen-bond donors (Lipinski definition) is 0. The zero-order valence-corrected chi connectivity index (χ0v) is 12.9. The first-order valence-corrected chi connectivity index (χ1v) is 6.72. The molecule has 0 unspecified atom stereocenters. The fourth-order valence-corrected chi connectivity index (χ4v) is 2.20. The molecule has 0 N–H and O–H groups in total. The predicted molar refractivity (Wildman–Crippen MR) is 75.8 cm³/mol. The summed E-state index contributed by atoms with van der Waals surface area (Å²) < 4.78 is 0.915. The first kappa shape index (κ1) is 14.5. The van der Waals surface area contributed by atoms with Crippen molar-refractivity contribution >= 4 is 33.4 Å². The van der Waals surface area contributed by atoms with E-state index in [2.05, 4.69) is 15.9 Å². The Kier molecular flexibility index (Phi) is 4.62. The maximum Gasteiger partial charge on any atom is 0.254 e. The van der Waals surface area contributed by atoms with E-state index in [1.807, 2.05) is 39.0 Å². The highest BCUT2D eigenvalue weighted by molar-refractivity contribution is 9.10. The predicted octanol–water partition coefficient (Wildman–Crippen LogP) is 3.85. The van der Waals surface area contributed by atoms with Crippen LogP contribution in [0.5, 0.6) is 0 Å². The van der Waals surface area contributed by atoms with Crippen LogP contribution in [-0.4, -0.2) is 29.3 Å². The van der Waals surface area contributed by atoms with Gasteiger partial charge in [-0.25, -0.2) is 0 Å². The number of hydrogen-bond acceptors (Lipinski definition) is 1. The van der Waals surface area contributed by atoms with Crippen molar-refractivity contribution in [2.45, 2.75) is 26.3 Å². The van der Waals surface area contributed by atoms with Crippen molar-refractivity contribution in [3.05, 3.63) is 33.8 Å². The second kappa shape index (κ2) is 5.40. The van der Waals surface area contributed by atoms with Crippen LogP contribution < -0.4 is 0 Å². The van der Waals surface area contributed by atoms with E-state index in [9.17, 15) is 4.79 Å². The minimum atomic E-state index is -0.352. The standard InChI is InChI=1S/C13H17BrClNO/c1-9-5-10(7-11(14)6-9)12(17)16(4)13(2,3)8-15/h5-7H,8H2,1-4H3. The maximum absolute atomic E-state index is 12.3. The number of carbonyl (C=O) groups excluding carboxylic acids is 1. The van der Waals surface area contributed by atoms with Crippen LogP contribution in [0.2, 0.25) is 0 Å². The monoisotopic (exact) mass is 317 g/mol. The first-order chi connectivity index (χ1) is 7.77. The summed E-state index contributed by atoms with van der Waals surface area (Å²) in [6.07, 6.45) is 0. The largest absolute Gasteiger partial charge is 0.335 e. The third kappa shape index (κ3) is 3.46. The third-order valence-electron chi connectivity index (χ3n) is 2.83. The molecule has 0 aromatic heterocycles. The lowest BCUT2D eigenvalue weighted by Gasteiger charge is -2.34. The average Bonchev–Trinajstić information content (AvgIpc) is 2.25. The van der Waals surface area contributed by atoms with Gasteiger partial charge in [0.25, 0.3) is 5.91 Å². The normalized spacial score (nSPS) is 11.4. The number of benzene rings is 1. The van der Waals surface area contributed by atoms with Gasteiger partial charge in [-0.3, -0.25) is 4.79 Å². The Labute approximate surface area is 116 Å². The Morgan fingerprint density at radius 2 is 2.00 bits per heavy atom. The Morgan fingerprint density at radius 1 is 1.41 bits per heavy atom. The summed E-state index contributed by atoms with van der Waals surface area (Å²) in [6, 6.07) is 5.69. The van der Waals surface area contributed by atoms with E-state index >= 15 is 0 Å². The smallest absolute Gasteiger partial charge is 0.254 e. The second-order valence-electron chi connectivity index (χ2n) is 4.83. The van der Waals surface area contributed by atoms with Gasteiger partial charge in [0.05, 0.1) is 5.54 Å².